The van der Waals surface area contributed by atoms with Gasteiger partial charge in [0.25, 0.3) is 5.56 Å². The van der Waals surface area contributed by atoms with Gasteiger partial charge in [-0.15, -0.1) is 0 Å². The third-order valence-corrected chi connectivity index (χ3v) is 4.52. The van der Waals surface area contributed by atoms with Gasteiger partial charge in [0.05, 0.1) is 19.8 Å². The zero-order valence-electron chi connectivity index (χ0n) is 14.9. The van der Waals surface area contributed by atoms with Crippen LogP contribution in [0.1, 0.15) is 12.5 Å². The van der Waals surface area contributed by atoms with Gasteiger partial charge in [-0.2, -0.15) is 0 Å². The minimum absolute atomic E-state index is 0.334. The number of aromatic nitrogens is 3. The molecule has 3 rings (SSSR count). The first-order chi connectivity index (χ1) is 12.0. The molecule has 0 aliphatic carbocycles. The van der Waals surface area contributed by atoms with Gasteiger partial charge < -0.3 is 9.47 Å². The number of hydrogen-bond acceptors (Lipinski definition) is 6. The SMILES string of the molecule is CCOc1c(C)cnc2c1c(=O)n(CCN1CCOCC1)c(=O)n2C. The van der Waals surface area contributed by atoms with Crippen LogP contribution in [0.3, 0.4) is 0 Å². The van der Waals surface area contributed by atoms with Crippen molar-refractivity contribution in [3.63, 3.8) is 0 Å². The average Bonchev–Trinajstić information content (AvgIpc) is 2.62. The molecule has 0 unspecified atom stereocenters. The topological polar surface area (TPSA) is 78.6 Å². The summed E-state index contributed by atoms with van der Waals surface area (Å²) in [5.41, 5.74) is 0.437. The summed E-state index contributed by atoms with van der Waals surface area (Å²) >= 11 is 0. The summed E-state index contributed by atoms with van der Waals surface area (Å²) in [5.74, 6) is 0.508. The first-order valence-electron chi connectivity index (χ1n) is 8.56. The zero-order chi connectivity index (χ0) is 18.0. The molecule has 0 amide bonds. The second-order valence-corrected chi connectivity index (χ2v) is 6.15. The highest BCUT2D eigenvalue weighted by molar-refractivity contribution is 5.82. The largest absolute Gasteiger partial charge is 0.493 e. The fourth-order valence-corrected chi connectivity index (χ4v) is 3.11. The van der Waals surface area contributed by atoms with E-state index in [1.54, 1.807) is 13.2 Å². The number of nitrogens with zero attached hydrogens (tertiary/aromatic N) is 4. The minimum Gasteiger partial charge on any atom is -0.493 e. The number of morpholine rings is 1. The molecular weight excluding hydrogens is 324 g/mol. The smallest absolute Gasteiger partial charge is 0.332 e. The third kappa shape index (κ3) is 3.32. The van der Waals surface area contributed by atoms with Crippen molar-refractivity contribution in [2.45, 2.75) is 20.4 Å². The van der Waals surface area contributed by atoms with Gasteiger partial charge >= 0.3 is 5.69 Å². The molecule has 0 spiro atoms. The lowest BCUT2D eigenvalue weighted by Crippen LogP contribution is -2.44. The third-order valence-electron chi connectivity index (χ3n) is 4.52. The van der Waals surface area contributed by atoms with Gasteiger partial charge in [-0.05, 0) is 13.8 Å². The summed E-state index contributed by atoms with van der Waals surface area (Å²) < 4.78 is 13.7. The molecule has 8 nitrogen and oxygen atoms in total. The van der Waals surface area contributed by atoms with Crippen LogP contribution in [0.25, 0.3) is 11.0 Å². The molecular formula is C17H24N4O4. The molecule has 0 radical (unpaired) electrons. The fourth-order valence-electron chi connectivity index (χ4n) is 3.11. The molecule has 0 N–H and O–H groups in total. The molecule has 136 valence electrons. The number of aryl methyl sites for hydroxylation is 2. The molecule has 8 heteroatoms. The standard InChI is InChI=1S/C17H24N4O4/c1-4-25-14-12(2)11-18-15-13(14)16(22)21(17(23)19(15)3)6-5-20-7-9-24-10-8-20/h11H,4-10H2,1-3H3. The molecule has 1 aliphatic rings. The van der Waals surface area contributed by atoms with Crippen LogP contribution in [0.4, 0.5) is 0 Å². The van der Waals surface area contributed by atoms with Gasteiger partial charge in [0, 0.05) is 45.0 Å². The van der Waals surface area contributed by atoms with E-state index in [1.807, 2.05) is 13.8 Å². The molecule has 0 saturated carbocycles. The van der Waals surface area contributed by atoms with Crippen LogP contribution in [0.2, 0.25) is 0 Å². The Morgan fingerprint density at radius 2 is 1.96 bits per heavy atom. The Morgan fingerprint density at radius 1 is 1.24 bits per heavy atom. The van der Waals surface area contributed by atoms with Crippen LogP contribution in [-0.2, 0) is 18.3 Å². The maximum atomic E-state index is 13.0. The van der Waals surface area contributed by atoms with Gasteiger partial charge in [-0.1, -0.05) is 0 Å². The lowest BCUT2D eigenvalue weighted by molar-refractivity contribution is 0.0361. The molecule has 0 atom stereocenters. The van der Waals surface area contributed by atoms with Crippen molar-refractivity contribution in [1.29, 1.82) is 0 Å². The van der Waals surface area contributed by atoms with Crippen LogP contribution < -0.4 is 16.0 Å². The normalized spacial score (nSPS) is 15.6. The second-order valence-electron chi connectivity index (χ2n) is 6.15. The molecule has 2 aromatic rings. The van der Waals surface area contributed by atoms with Gasteiger partial charge in [-0.3, -0.25) is 18.8 Å². The predicted octanol–water partition coefficient (Wildman–Crippen LogP) is 0.135. The van der Waals surface area contributed by atoms with E-state index < -0.39 is 0 Å². The first-order valence-corrected chi connectivity index (χ1v) is 8.56. The summed E-state index contributed by atoms with van der Waals surface area (Å²) in [5, 5.41) is 0.367. The van der Waals surface area contributed by atoms with Crippen molar-refractivity contribution in [1.82, 2.24) is 19.0 Å². The molecule has 0 bridgehead atoms. The summed E-state index contributed by atoms with van der Waals surface area (Å²) in [7, 11) is 1.63. The van der Waals surface area contributed by atoms with Crippen LogP contribution in [0, 0.1) is 6.92 Å². The molecule has 0 aromatic carbocycles. The van der Waals surface area contributed by atoms with Crippen LogP contribution in [-0.4, -0.2) is 58.5 Å². The zero-order valence-corrected chi connectivity index (χ0v) is 14.9. The number of pyridine rings is 1. The van der Waals surface area contributed by atoms with Crippen molar-refractivity contribution in [3.05, 3.63) is 32.6 Å². The number of hydrogen-bond donors (Lipinski definition) is 0. The molecule has 1 aliphatic heterocycles. The number of fused-ring (bicyclic) bond motifs is 1. The Hall–Kier alpha value is -2.19. The summed E-state index contributed by atoms with van der Waals surface area (Å²) in [6.07, 6.45) is 1.63. The van der Waals surface area contributed by atoms with E-state index in [2.05, 4.69) is 9.88 Å². The van der Waals surface area contributed by atoms with Gasteiger partial charge in [0.1, 0.15) is 11.1 Å². The number of ether oxygens (including phenoxy) is 2. The van der Waals surface area contributed by atoms with Crippen molar-refractivity contribution >= 4 is 11.0 Å². The maximum absolute atomic E-state index is 13.0. The van der Waals surface area contributed by atoms with Crippen LogP contribution >= 0.6 is 0 Å². The average molecular weight is 348 g/mol. The van der Waals surface area contributed by atoms with Gasteiger partial charge in [0.2, 0.25) is 0 Å². The molecule has 2 aromatic heterocycles. The Kier molecular flexibility index (Phi) is 5.19. The Balaban J connectivity index is 2.07. The monoisotopic (exact) mass is 348 g/mol. The molecule has 1 saturated heterocycles. The summed E-state index contributed by atoms with van der Waals surface area (Å²) in [4.78, 5) is 32.1. The highest BCUT2D eigenvalue weighted by Gasteiger charge is 2.19. The van der Waals surface area contributed by atoms with E-state index in [9.17, 15) is 9.59 Å². The van der Waals surface area contributed by atoms with E-state index in [4.69, 9.17) is 9.47 Å². The maximum Gasteiger partial charge on any atom is 0.332 e. The van der Waals surface area contributed by atoms with Crippen LogP contribution in [0.5, 0.6) is 5.75 Å². The van der Waals surface area contributed by atoms with E-state index in [0.717, 1.165) is 18.7 Å². The van der Waals surface area contributed by atoms with E-state index >= 15 is 0 Å². The molecule has 1 fully saturated rings. The first kappa shape index (κ1) is 17.6. The van der Waals surface area contributed by atoms with Crippen molar-refractivity contribution in [2.75, 3.05) is 39.5 Å². The lowest BCUT2D eigenvalue weighted by Gasteiger charge is -2.26. The Morgan fingerprint density at radius 3 is 2.64 bits per heavy atom. The highest BCUT2D eigenvalue weighted by atomic mass is 16.5. The summed E-state index contributed by atoms with van der Waals surface area (Å²) in [6.45, 7) is 8.11. The quantitative estimate of drug-likeness (QED) is 0.765. The lowest BCUT2D eigenvalue weighted by atomic mass is 10.2. The van der Waals surface area contributed by atoms with Crippen molar-refractivity contribution < 1.29 is 9.47 Å². The minimum atomic E-state index is -0.357. The van der Waals surface area contributed by atoms with Crippen molar-refractivity contribution in [3.8, 4) is 5.75 Å². The Bertz CT molecular complexity index is 881. The molecule has 25 heavy (non-hydrogen) atoms. The van der Waals surface area contributed by atoms with Gasteiger partial charge in [0.15, 0.2) is 5.65 Å². The second kappa shape index (κ2) is 7.37. The number of rotatable bonds is 5. The highest BCUT2D eigenvalue weighted by Crippen LogP contribution is 2.24. The Labute approximate surface area is 145 Å². The van der Waals surface area contributed by atoms with E-state index in [-0.39, 0.29) is 11.2 Å². The predicted molar refractivity (Wildman–Crippen MR) is 94.4 cm³/mol. The van der Waals surface area contributed by atoms with Crippen molar-refractivity contribution in [2.24, 2.45) is 7.05 Å². The fraction of sp³-hybridized carbons (Fsp3) is 0.588. The molecule has 3 heterocycles. The van der Waals surface area contributed by atoms with Gasteiger partial charge in [-0.25, -0.2) is 9.78 Å². The van der Waals surface area contributed by atoms with E-state index in [0.29, 0.717) is 49.7 Å². The van der Waals surface area contributed by atoms with E-state index in [1.165, 1.54) is 9.13 Å². The summed E-state index contributed by atoms with van der Waals surface area (Å²) in [6, 6.07) is 0. The van der Waals surface area contributed by atoms with Crippen LogP contribution in [0.15, 0.2) is 15.8 Å².